The van der Waals surface area contributed by atoms with Crippen molar-refractivity contribution in [2.75, 3.05) is 7.11 Å². The van der Waals surface area contributed by atoms with Gasteiger partial charge in [-0.15, -0.1) is 0 Å². The number of hydrogen-bond donors (Lipinski definition) is 0. The third kappa shape index (κ3) is 1.39. The van der Waals surface area contributed by atoms with E-state index in [0.717, 1.165) is 0 Å². The molecule has 1 atom stereocenters. The average Bonchev–Trinajstić information content (AvgIpc) is 2.63. The van der Waals surface area contributed by atoms with E-state index in [1.165, 1.54) is 7.11 Å². The number of rotatable bonds is 3. The van der Waals surface area contributed by atoms with E-state index in [1.54, 1.807) is 6.92 Å². The van der Waals surface area contributed by atoms with Crippen LogP contribution in [0.2, 0.25) is 0 Å². The lowest BCUT2D eigenvalue weighted by Gasteiger charge is -2.17. The molecule has 0 aromatic rings. The van der Waals surface area contributed by atoms with Gasteiger partial charge in [-0.2, -0.15) is 0 Å². The van der Waals surface area contributed by atoms with Gasteiger partial charge in [0.2, 0.25) is 9.05 Å². The van der Waals surface area contributed by atoms with Gasteiger partial charge in [0.15, 0.2) is 0 Å². The summed E-state index contributed by atoms with van der Waals surface area (Å²) in [6.45, 7) is 1.73. The number of ether oxygens (including phenoxy) is 1. The Morgan fingerprint density at radius 2 is 2.00 bits per heavy atom. The van der Waals surface area contributed by atoms with Gasteiger partial charge in [-0.1, -0.05) is 0 Å². The number of methoxy groups -OCH3 is 1. The molecular formula is C6H11ClO3S. The zero-order valence-electron chi connectivity index (χ0n) is 6.50. The fourth-order valence-corrected chi connectivity index (χ4v) is 3.11. The Kier molecular flexibility index (Phi) is 2.20. The van der Waals surface area contributed by atoms with Crippen LogP contribution in [-0.2, 0) is 13.8 Å². The lowest BCUT2D eigenvalue weighted by atomic mass is 10.2. The maximum Gasteiger partial charge on any atom is 0.240 e. The molecule has 1 unspecified atom stereocenters. The zero-order chi connectivity index (χ0) is 8.70. The highest BCUT2D eigenvalue weighted by Gasteiger charge is 2.58. The fraction of sp³-hybridized carbons (Fsp3) is 1.00. The van der Waals surface area contributed by atoms with Crippen molar-refractivity contribution in [3.8, 4) is 0 Å². The number of hydrogen-bond acceptors (Lipinski definition) is 3. The first-order valence-electron chi connectivity index (χ1n) is 3.41. The molecule has 1 saturated carbocycles. The van der Waals surface area contributed by atoms with Crippen LogP contribution in [0, 0.1) is 0 Å². The van der Waals surface area contributed by atoms with Gasteiger partial charge in [-0.3, -0.25) is 0 Å². The van der Waals surface area contributed by atoms with E-state index in [1.807, 2.05) is 0 Å². The van der Waals surface area contributed by atoms with Gasteiger partial charge in [0.1, 0.15) is 4.75 Å². The van der Waals surface area contributed by atoms with Crippen LogP contribution in [0.5, 0.6) is 0 Å². The quantitative estimate of drug-likeness (QED) is 0.639. The molecule has 0 aliphatic heterocycles. The minimum atomic E-state index is -3.46. The molecule has 0 spiro atoms. The van der Waals surface area contributed by atoms with Gasteiger partial charge < -0.3 is 4.74 Å². The second-order valence-corrected chi connectivity index (χ2v) is 5.79. The SMILES string of the molecule is COC(C)C1(S(=O)(=O)Cl)CC1. The van der Waals surface area contributed by atoms with Crippen molar-refractivity contribution < 1.29 is 13.2 Å². The molecule has 0 heterocycles. The predicted molar refractivity (Wildman–Crippen MR) is 43.2 cm³/mol. The van der Waals surface area contributed by atoms with Crippen LogP contribution >= 0.6 is 10.7 Å². The molecule has 0 aromatic carbocycles. The van der Waals surface area contributed by atoms with Gasteiger partial charge >= 0.3 is 0 Å². The summed E-state index contributed by atoms with van der Waals surface area (Å²) >= 11 is 0. The Morgan fingerprint density at radius 3 is 2.09 bits per heavy atom. The van der Waals surface area contributed by atoms with E-state index < -0.39 is 13.8 Å². The summed E-state index contributed by atoms with van der Waals surface area (Å²) in [5.41, 5.74) is 0. The summed E-state index contributed by atoms with van der Waals surface area (Å²) in [5, 5.41) is 0. The van der Waals surface area contributed by atoms with Crippen LogP contribution in [0.1, 0.15) is 19.8 Å². The third-order valence-electron chi connectivity index (χ3n) is 2.32. The van der Waals surface area contributed by atoms with E-state index in [-0.39, 0.29) is 6.10 Å². The molecule has 0 radical (unpaired) electrons. The minimum Gasteiger partial charge on any atom is -0.380 e. The van der Waals surface area contributed by atoms with Crippen LogP contribution in [-0.4, -0.2) is 26.4 Å². The molecule has 3 nitrogen and oxygen atoms in total. The average molecular weight is 199 g/mol. The van der Waals surface area contributed by atoms with Crippen molar-refractivity contribution in [1.82, 2.24) is 0 Å². The molecule has 1 aliphatic rings. The largest absolute Gasteiger partial charge is 0.380 e. The van der Waals surface area contributed by atoms with Crippen LogP contribution < -0.4 is 0 Å². The molecule has 66 valence electrons. The fourth-order valence-electron chi connectivity index (χ4n) is 1.19. The first-order valence-corrected chi connectivity index (χ1v) is 5.72. The molecule has 0 saturated heterocycles. The lowest BCUT2D eigenvalue weighted by Crippen LogP contribution is -2.32. The van der Waals surface area contributed by atoms with Crippen LogP contribution in [0.15, 0.2) is 0 Å². The molecule has 11 heavy (non-hydrogen) atoms. The summed E-state index contributed by atoms with van der Waals surface area (Å²) in [6, 6.07) is 0. The Bertz CT molecular complexity index is 243. The summed E-state index contributed by atoms with van der Waals surface area (Å²) < 4.78 is 26.2. The highest BCUT2D eigenvalue weighted by atomic mass is 35.7. The van der Waals surface area contributed by atoms with Crippen molar-refractivity contribution in [2.24, 2.45) is 0 Å². The molecule has 0 N–H and O–H groups in total. The van der Waals surface area contributed by atoms with Crippen molar-refractivity contribution in [3.63, 3.8) is 0 Å². The third-order valence-corrected chi connectivity index (χ3v) is 4.96. The molecule has 0 bridgehead atoms. The van der Waals surface area contributed by atoms with Gasteiger partial charge in [0.05, 0.1) is 6.10 Å². The van der Waals surface area contributed by atoms with Crippen molar-refractivity contribution >= 4 is 19.7 Å². The Labute approximate surface area is 71.1 Å². The summed E-state index contributed by atoms with van der Waals surface area (Å²) in [5.74, 6) is 0. The van der Waals surface area contributed by atoms with Gasteiger partial charge in [0, 0.05) is 17.8 Å². The maximum absolute atomic E-state index is 11.0. The molecule has 1 rings (SSSR count). The van der Waals surface area contributed by atoms with Crippen molar-refractivity contribution in [1.29, 1.82) is 0 Å². The van der Waals surface area contributed by atoms with E-state index in [2.05, 4.69) is 0 Å². The minimum absolute atomic E-state index is 0.301. The Balaban J connectivity index is 2.85. The second kappa shape index (κ2) is 2.61. The Hall–Kier alpha value is 0.200. The summed E-state index contributed by atoms with van der Waals surface area (Å²) in [7, 11) is 3.29. The van der Waals surface area contributed by atoms with E-state index in [9.17, 15) is 8.42 Å². The molecule has 5 heteroatoms. The number of halogens is 1. The van der Waals surface area contributed by atoms with E-state index in [4.69, 9.17) is 15.4 Å². The summed E-state index contributed by atoms with van der Waals surface area (Å²) in [4.78, 5) is 0. The van der Waals surface area contributed by atoms with Crippen LogP contribution in [0.25, 0.3) is 0 Å². The molecule has 0 aromatic heterocycles. The second-order valence-electron chi connectivity index (χ2n) is 2.88. The van der Waals surface area contributed by atoms with Gasteiger partial charge in [0.25, 0.3) is 0 Å². The maximum atomic E-state index is 11.0. The van der Waals surface area contributed by atoms with Crippen molar-refractivity contribution in [2.45, 2.75) is 30.6 Å². The predicted octanol–water partition coefficient (Wildman–Crippen LogP) is 1.12. The lowest BCUT2D eigenvalue weighted by molar-refractivity contribution is 0.108. The highest BCUT2D eigenvalue weighted by molar-refractivity contribution is 8.15. The molecule has 1 fully saturated rings. The van der Waals surface area contributed by atoms with Gasteiger partial charge in [-0.05, 0) is 19.8 Å². The smallest absolute Gasteiger partial charge is 0.240 e. The van der Waals surface area contributed by atoms with Crippen LogP contribution in [0.3, 0.4) is 0 Å². The first-order chi connectivity index (χ1) is 4.94. The topological polar surface area (TPSA) is 43.4 Å². The zero-order valence-corrected chi connectivity index (χ0v) is 8.07. The molecular weight excluding hydrogens is 188 g/mol. The molecule has 0 amide bonds. The van der Waals surface area contributed by atoms with E-state index in [0.29, 0.717) is 12.8 Å². The van der Waals surface area contributed by atoms with E-state index >= 15 is 0 Å². The monoisotopic (exact) mass is 198 g/mol. The molecule has 1 aliphatic carbocycles. The highest BCUT2D eigenvalue weighted by Crippen LogP contribution is 2.49. The van der Waals surface area contributed by atoms with Crippen LogP contribution in [0.4, 0.5) is 0 Å². The normalized spacial score (nSPS) is 24.6. The first kappa shape index (κ1) is 9.29. The Morgan fingerprint density at radius 1 is 1.55 bits per heavy atom. The standard InChI is InChI=1S/C6H11ClO3S/c1-5(10-2)6(3-4-6)11(7,8)9/h5H,3-4H2,1-2H3. The summed E-state index contributed by atoms with van der Waals surface area (Å²) in [6.07, 6.45) is 0.937. The van der Waals surface area contributed by atoms with Crippen molar-refractivity contribution in [3.05, 3.63) is 0 Å². The van der Waals surface area contributed by atoms with Gasteiger partial charge in [-0.25, -0.2) is 8.42 Å².